The van der Waals surface area contributed by atoms with E-state index in [2.05, 4.69) is 20.3 Å². The molecule has 0 aliphatic heterocycles. The van der Waals surface area contributed by atoms with E-state index in [0.29, 0.717) is 35.0 Å². The molecule has 2 aromatic carbocycles. The highest BCUT2D eigenvalue weighted by atomic mass is 16.3. The van der Waals surface area contributed by atoms with Gasteiger partial charge in [-0.25, -0.2) is 4.79 Å². The van der Waals surface area contributed by atoms with E-state index in [0.717, 1.165) is 16.5 Å². The molecule has 2 heterocycles. The van der Waals surface area contributed by atoms with E-state index in [4.69, 9.17) is 0 Å². The van der Waals surface area contributed by atoms with Gasteiger partial charge in [0.1, 0.15) is 11.3 Å². The van der Waals surface area contributed by atoms with Gasteiger partial charge in [-0.3, -0.25) is 9.78 Å². The summed E-state index contributed by atoms with van der Waals surface area (Å²) in [6.45, 7) is 3.89. The molecule has 0 saturated carbocycles. The van der Waals surface area contributed by atoms with Crippen LogP contribution in [0.4, 0.5) is 0 Å². The molecule has 148 valence electrons. The Bertz CT molecular complexity index is 1270. The third-order valence-electron chi connectivity index (χ3n) is 5.07. The fraction of sp³-hybridized carbons (Fsp3) is 0.227. The average molecular weight is 390 g/mol. The van der Waals surface area contributed by atoms with Crippen molar-refractivity contribution >= 4 is 27.8 Å². The van der Waals surface area contributed by atoms with Crippen molar-refractivity contribution in [1.29, 1.82) is 0 Å². The smallest absolute Gasteiger partial charge is 0.323 e. The summed E-state index contributed by atoms with van der Waals surface area (Å²) in [6, 6.07) is 10.4. The van der Waals surface area contributed by atoms with Crippen molar-refractivity contribution in [3.05, 3.63) is 69.8 Å². The van der Waals surface area contributed by atoms with Gasteiger partial charge in [-0.15, -0.1) is 0 Å². The Morgan fingerprint density at radius 1 is 1.21 bits per heavy atom. The molecule has 4 aromatic rings. The number of nitrogens with zero attached hydrogens (tertiary/aromatic N) is 1. The Labute approximate surface area is 166 Å². The van der Waals surface area contributed by atoms with Gasteiger partial charge in [-0.1, -0.05) is 19.1 Å². The number of carbonyl (C=O) groups excluding carboxylic acids is 1. The molecule has 0 fully saturated rings. The fourth-order valence-electron chi connectivity index (χ4n) is 3.68. The number of aromatic nitrogens is 3. The third-order valence-corrected chi connectivity index (χ3v) is 5.07. The van der Waals surface area contributed by atoms with Crippen LogP contribution in [0.25, 0.3) is 21.9 Å². The van der Waals surface area contributed by atoms with Crippen molar-refractivity contribution in [3.63, 3.8) is 0 Å². The molecule has 29 heavy (non-hydrogen) atoms. The summed E-state index contributed by atoms with van der Waals surface area (Å²) in [5.74, 6) is -0.0750. The van der Waals surface area contributed by atoms with Crippen molar-refractivity contribution < 1.29 is 9.90 Å². The van der Waals surface area contributed by atoms with E-state index in [9.17, 15) is 14.7 Å². The Balaban J connectivity index is 1.90. The molecule has 0 aliphatic carbocycles. The summed E-state index contributed by atoms with van der Waals surface area (Å²) in [5, 5.41) is 14.9. The number of phenols is 1. The van der Waals surface area contributed by atoms with Crippen LogP contribution in [-0.4, -0.2) is 26.0 Å². The van der Waals surface area contributed by atoms with E-state index in [1.165, 1.54) is 0 Å². The minimum absolute atomic E-state index is 0.0376. The van der Waals surface area contributed by atoms with Gasteiger partial charge in [-0.2, -0.15) is 0 Å². The first-order chi connectivity index (χ1) is 14.0. The number of H-pyrrole nitrogens is 2. The predicted molar refractivity (Wildman–Crippen MR) is 112 cm³/mol. The molecule has 0 radical (unpaired) electrons. The molecule has 1 unspecified atom stereocenters. The number of amides is 1. The topological polar surface area (TPSA) is 111 Å². The van der Waals surface area contributed by atoms with E-state index in [1.807, 2.05) is 44.2 Å². The number of fused-ring (bicyclic) bond motifs is 2. The van der Waals surface area contributed by atoms with Crippen molar-refractivity contribution in [1.82, 2.24) is 20.3 Å². The summed E-state index contributed by atoms with van der Waals surface area (Å²) in [4.78, 5) is 33.9. The van der Waals surface area contributed by atoms with Gasteiger partial charge >= 0.3 is 5.69 Å². The number of aromatic hydroxyl groups is 1. The maximum Gasteiger partial charge on any atom is 0.323 e. The fourth-order valence-corrected chi connectivity index (χ4v) is 3.68. The lowest BCUT2D eigenvalue weighted by Crippen LogP contribution is -2.29. The van der Waals surface area contributed by atoms with Gasteiger partial charge in [0.2, 0.25) is 5.91 Å². The summed E-state index contributed by atoms with van der Waals surface area (Å²) in [6.07, 6.45) is 2.73. The number of aryl methyl sites for hydroxylation is 1. The number of hydrogen-bond acceptors (Lipinski definition) is 4. The van der Waals surface area contributed by atoms with Crippen molar-refractivity contribution in [3.8, 4) is 5.75 Å². The largest absolute Gasteiger partial charge is 0.505 e. The molecule has 4 rings (SSSR count). The Morgan fingerprint density at radius 2 is 2.00 bits per heavy atom. The molecule has 4 N–H and O–H groups in total. The van der Waals surface area contributed by atoms with Crippen LogP contribution in [0.15, 0.2) is 47.4 Å². The number of rotatable bonds is 5. The second kappa shape index (κ2) is 7.43. The maximum atomic E-state index is 12.5. The highest BCUT2D eigenvalue weighted by Gasteiger charge is 2.23. The van der Waals surface area contributed by atoms with E-state index in [-0.39, 0.29) is 17.3 Å². The molecule has 0 bridgehead atoms. The van der Waals surface area contributed by atoms with Crippen LogP contribution < -0.4 is 11.0 Å². The standard InChI is InChI=1S/C22H22N4O3/c1-3-5-18(27)26-19(13-7-8-16-17(11-13)25-22(29)24-16)15-10-12(2)14-6-4-9-23-20(14)21(15)28/h4,6-11,19,28H,3,5H2,1-2H3,(H,26,27)(H2,24,25,29). The maximum absolute atomic E-state index is 12.5. The molecular formula is C22H22N4O3. The zero-order valence-electron chi connectivity index (χ0n) is 16.2. The molecule has 0 saturated heterocycles. The van der Waals surface area contributed by atoms with Crippen LogP contribution in [0.3, 0.4) is 0 Å². The second-order valence-corrected chi connectivity index (χ2v) is 7.17. The zero-order valence-corrected chi connectivity index (χ0v) is 16.2. The van der Waals surface area contributed by atoms with E-state index >= 15 is 0 Å². The summed E-state index contributed by atoms with van der Waals surface area (Å²) < 4.78 is 0. The lowest BCUT2D eigenvalue weighted by molar-refractivity contribution is -0.121. The van der Waals surface area contributed by atoms with Gasteiger partial charge in [0.05, 0.1) is 17.1 Å². The van der Waals surface area contributed by atoms with Gasteiger partial charge < -0.3 is 20.4 Å². The molecule has 0 aliphatic rings. The first kappa shape index (κ1) is 18.7. The third kappa shape index (κ3) is 3.47. The minimum atomic E-state index is -0.582. The number of nitrogens with one attached hydrogen (secondary N) is 3. The zero-order chi connectivity index (χ0) is 20.5. The number of hydrogen-bond donors (Lipinski definition) is 4. The lowest BCUT2D eigenvalue weighted by atomic mass is 9.93. The van der Waals surface area contributed by atoms with Crippen LogP contribution in [0.1, 0.15) is 42.5 Å². The van der Waals surface area contributed by atoms with Crippen molar-refractivity contribution in [2.75, 3.05) is 0 Å². The molecule has 7 heteroatoms. The molecule has 2 aromatic heterocycles. The molecule has 1 atom stereocenters. The van der Waals surface area contributed by atoms with Crippen LogP contribution >= 0.6 is 0 Å². The number of pyridine rings is 1. The van der Waals surface area contributed by atoms with Crippen molar-refractivity contribution in [2.24, 2.45) is 0 Å². The van der Waals surface area contributed by atoms with E-state index < -0.39 is 6.04 Å². The molecule has 7 nitrogen and oxygen atoms in total. The second-order valence-electron chi connectivity index (χ2n) is 7.17. The minimum Gasteiger partial charge on any atom is -0.505 e. The van der Waals surface area contributed by atoms with Crippen LogP contribution in [0, 0.1) is 6.92 Å². The first-order valence-electron chi connectivity index (χ1n) is 9.56. The monoisotopic (exact) mass is 390 g/mol. The van der Waals surface area contributed by atoms with Gasteiger partial charge in [0, 0.05) is 23.6 Å². The number of phenolic OH excluding ortho intramolecular Hbond substituents is 1. The Kier molecular flexibility index (Phi) is 4.80. The number of carbonyl (C=O) groups is 1. The van der Waals surface area contributed by atoms with Gasteiger partial charge in [0.25, 0.3) is 0 Å². The number of aromatic amines is 2. The quantitative estimate of drug-likeness (QED) is 0.418. The van der Waals surface area contributed by atoms with E-state index in [1.54, 1.807) is 12.3 Å². The number of benzene rings is 2. The summed E-state index contributed by atoms with van der Waals surface area (Å²) >= 11 is 0. The summed E-state index contributed by atoms with van der Waals surface area (Å²) in [7, 11) is 0. The molecular weight excluding hydrogens is 368 g/mol. The highest BCUT2D eigenvalue weighted by molar-refractivity contribution is 5.89. The normalized spacial score (nSPS) is 12.3. The van der Waals surface area contributed by atoms with Gasteiger partial charge in [-0.05, 0) is 48.7 Å². The molecule has 0 spiro atoms. The summed E-state index contributed by atoms with van der Waals surface area (Å²) in [5.41, 5.74) is 3.78. The highest BCUT2D eigenvalue weighted by Crippen LogP contribution is 2.36. The predicted octanol–water partition coefficient (Wildman–Crippen LogP) is 3.42. The molecule has 1 amide bonds. The van der Waals surface area contributed by atoms with Crippen LogP contribution in [-0.2, 0) is 4.79 Å². The first-order valence-corrected chi connectivity index (χ1v) is 9.56. The van der Waals surface area contributed by atoms with Crippen LogP contribution in [0.2, 0.25) is 0 Å². The average Bonchev–Trinajstić information content (AvgIpc) is 3.08. The van der Waals surface area contributed by atoms with Gasteiger partial charge in [0.15, 0.2) is 0 Å². The van der Waals surface area contributed by atoms with Crippen molar-refractivity contribution in [2.45, 2.75) is 32.7 Å². The SMILES string of the molecule is CCCC(=O)NC(c1ccc2[nH]c(=O)[nH]c2c1)c1cc(C)c2cccnc2c1O. The number of imidazole rings is 1. The lowest BCUT2D eigenvalue weighted by Gasteiger charge is -2.22. The Hall–Kier alpha value is -3.61. The van der Waals surface area contributed by atoms with Crippen LogP contribution in [0.5, 0.6) is 5.75 Å². The Morgan fingerprint density at radius 3 is 2.79 bits per heavy atom.